The summed E-state index contributed by atoms with van der Waals surface area (Å²) in [6.45, 7) is 6.36. The summed E-state index contributed by atoms with van der Waals surface area (Å²) in [6, 6.07) is 15.7. The molecule has 2 heteroatoms. The van der Waals surface area contributed by atoms with E-state index in [1.54, 1.807) is 0 Å². The number of carbonyl (C=O) groups is 1. The molecule has 0 radical (unpaired) electrons. The second kappa shape index (κ2) is 6.38. The van der Waals surface area contributed by atoms with Gasteiger partial charge in [0.05, 0.1) is 0 Å². The van der Waals surface area contributed by atoms with E-state index in [4.69, 9.17) is 0 Å². The molecule has 0 bridgehead atoms. The third kappa shape index (κ3) is 3.27. The fraction of sp³-hybridized carbons (Fsp3) is 0.278. The summed E-state index contributed by atoms with van der Waals surface area (Å²) < 4.78 is 0. The Hall–Kier alpha value is -2.09. The van der Waals surface area contributed by atoms with Crippen LogP contribution in [0.15, 0.2) is 48.5 Å². The first kappa shape index (κ1) is 14.3. The molecule has 0 aliphatic carbocycles. The van der Waals surface area contributed by atoms with Crippen LogP contribution in [0, 0.1) is 0 Å². The lowest BCUT2D eigenvalue weighted by Gasteiger charge is -2.13. The first-order valence-electron chi connectivity index (χ1n) is 7.11. The first-order chi connectivity index (χ1) is 9.61. The van der Waals surface area contributed by atoms with Gasteiger partial charge in [0.15, 0.2) is 0 Å². The Kier molecular flexibility index (Phi) is 4.57. The molecule has 0 spiro atoms. The van der Waals surface area contributed by atoms with Crippen molar-refractivity contribution in [3.8, 4) is 0 Å². The summed E-state index contributed by atoms with van der Waals surface area (Å²) in [7, 11) is 0. The van der Waals surface area contributed by atoms with Crippen molar-refractivity contribution in [3.05, 3.63) is 65.2 Å². The van der Waals surface area contributed by atoms with Gasteiger partial charge < -0.3 is 5.32 Å². The Morgan fingerprint density at radius 2 is 1.70 bits per heavy atom. The lowest BCUT2D eigenvalue weighted by Crippen LogP contribution is -2.13. The van der Waals surface area contributed by atoms with Gasteiger partial charge in [0.1, 0.15) is 0 Å². The van der Waals surface area contributed by atoms with Crippen LogP contribution in [0.4, 0.5) is 5.69 Å². The maximum absolute atomic E-state index is 12.3. The zero-order valence-electron chi connectivity index (χ0n) is 12.3. The average molecular weight is 267 g/mol. The van der Waals surface area contributed by atoms with Crippen molar-refractivity contribution in [1.29, 1.82) is 0 Å². The number of aryl methyl sites for hydroxylation is 1. The zero-order chi connectivity index (χ0) is 14.5. The van der Waals surface area contributed by atoms with Crippen LogP contribution in [0.2, 0.25) is 0 Å². The Morgan fingerprint density at radius 3 is 2.30 bits per heavy atom. The van der Waals surface area contributed by atoms with Gasteiger partial charge in [-0.15, -0.1) is 0 Å². The fourth-order valence-corrected chi connectivity index (χ4v) is 2.20. The standard InChI is InChI=1S/C18H21NO/c1-4-14-9-11-15(12-10-14)18(20)19-17-8-6-5-7-16(17)13(2)3/h5-13H,4H2,1-3H3,(H,19,20). The largest absolute Gasteiger partial charge is 0.322 e. The van der Waals surface area contributed by atoms with Gasteiger partial charge in [-0.3, -0.25) is 4.79 Å². The Bertz CT molecular complexity index is 585. The average Bonchev–Trinajstić information content (AvgIpc) is 2.47. The number of carbonyl (C=O) groups excluding carboxylic acids is 1. The van der Waals surface area contributed by atoms with E-state index < -0.39 is 0 Å². The van der Waals surface area contributed by atoms with Crippen molar-refractivity contribution in [1.82, 2.24) is 0 Å². The Morgan fingerprint density at radius 1 is 1.05 bits per heavy atom. The molecule has 0 aromatic heterocycles. The number of benzene rings is 2. The van der Waals surface area contributed by atoms with Crippen LogP contribution in [0.25, 0.3) is 0 Å². The third-order valence-corrected chi connectivity index (χ3v) is 3.46. The van der Waals surface area contributed by atoms with E-state index in [-0.39, 0.29) is 5.91 Å². The summed E-state index contributed by atoms with van der Waals surface area (Å²) >= 11 is 0. The molecule has 2 aromatic rings. The molecule has 1 amide bonds. The van der Waals surface area contributed by atoms with Gasteiger partial charge in [0.2, 0.25) is 0 Å². The molecule has 2 aromatic carbocycles. The fourth-order valence-electron chi connectivity index (χ4n) is 2.20. The van der Waals surface area contributed by atoms with Gasteiger partial charge in [-0.1, -0.05) is 51.1 Å². The van der Waals surface area contributed by atoms with Crippen molar-refractivity contribution in [2.75, 3.05) is 5.32 Å². The predicted octanol–water partition coefficient (Wildman–Crippen LogP) is 4.62. The Balaban J connectivity index is 2.19. The molecule has 2 nitrogen and oxygen atoms in total. The minimum Gasteiger partial charge on any atom is -0.322 e. The number of rotatable bonds is 4. The van der Waals surface area contributed by atoms with E-state index in [0.717, 1.165) is 17.7 Å². The molecule has 0 heterocycles. The van der Waals surface area contributed by atoms with E-state index >= 15 is 0 Å². The number of hydrogen-bond acceptors (Lipinski definition) is 1. The molecule has 1 N–H and O–H groups in total. The third-order valence-electron chi connectivity index (χ3n) is 3.46. The maximum atomic E-state index is 12.3. The van der Waals surface area contributed by atoms with Crippen LogP contribution in [-0.4, -0.2) is 5.91 Å². The molecule has 2 rings (SSSR count). The highest BCUT2D eigenvalue weighted by atomic mass is 16.1. The number of nitrogens with one attached hydrogen (secondary N) is 1. The van der Waals surface area contributed by atoms with Crippen LogP contribution < -0.4 is 5.32 Å². The van der Waals surface area contributed by atoms with Crippen LogP contribution in [0.1, 0.15) is 48.2 Å². The minimum absolute atomic E-state index is 0.0549. The van der Waals surface area contributed by atoms with E-state index in [1.807, 2.05) is 42.5 Å². The summed E-state index contributed by atoms with van der Waals surface area (Å²) in [5, 5.41) is 3.01. The van der Waals surface area contributed by atoms with Crippen molar-refractivity contribution in [2.45, 2.75) is 33.1 Å². The molecule has 0 fully saturated rings. The number of para-hydroxylation sites is 1. The smallest absolute Gasteiger partial charge is 0.255 e. The van der Waals surface area contributed by atoms with Crippen LogP contribution in [0.3, 0.4) is 0 Å². The van der Waals surface area contributed by atoms with Gasteiger partial charge in [0, 0.05) is 11.3 Å². The zero-order valence-corrected chi connectivity index (χ0v) is 12.3. The molecule has 20 heavy (non-hydrogen) atoms. The molecular weight excluding hydrogens is 246 g/mol. The van der Waals surface area contributed by atoms with E-state index in [9.17, 15) is 4.79 Å². The molecule has 0 unspecified atom stereocenters. The summed E-state index contributed by atoms with van der Waals surface area (Å²) in [5.41, 5.74) is 3.99. The first-order valence-corrected chi connectivity index (χ1v) is 7.11. The highest BCUT2D eigenvalue weighted by molar-refractivity contribution is 6.04. The van der Waals surface area contributed by atoms with Gasteiger partial charge in [-0.2, -0.15) is 0 Å². The SMILES string of the molecule is CCc1ccc(C(=O)Nc2ccccc2C(C)C)cc1. The molecule has 0 saturated heterocycles. The van der Waals surface area contributed by atoms with Gasteiger partial charge in [-0.25, -0.2) is 0 Å². The lowest BCUT2D eigenvalue weighted by atomic mass is 10.0. The summed E-state index contributed by atoms with van der Waals surface area (Å²) in [4.78, 5) is 12.3. The molecule has 104 valence electrons. The van der Waals surface area contributed by atoms with Crippen molar-refractivity contribution >= 4 is 11.6 Å². The van der Waals surface area contributed by atoms with Crippen molar-refractivity contribution in [2.24, 2.45) is 0 Å². The monoisotopic (exact) mass is 267 g/mol. The number of anilines is 1. The van der Waals surface area contributed by atoms with E-state index in [0.29, 0.717) is 11.5 Å². The second-order valence-corrected chi connectivity index (χ2v) is 5.25. The van der Waals surface area contributed by atoms with E-state index in [1.165, 1.54) is 5.56 Å². The van der Waals surface area contributed by atoms with Gasteiger partial charge >= 0.3 is 0 Å². The highest BCUT2D eigenvalue weighted by Crippen LogP contribution is 2.24. The van der Waals surface area contributed by atoms with Crippen LogP contribution in [-0.2, 0) is 6.42 Å². The van der Waals surface area contributed by atoms with E-state index in [2.05, 4.69) is 32.2 Å². The van der Waals surface area contributed by atoms with Crippen molar-refractivity contribution < 1.29 is 4.79 Å². The van der Waals surface area contributed by atoms with Crippen LogP contribution in [0.5, 0.6) is 0 Å². The Labute approximate surface area is 120 Å². The van der Waals surface area contributed by atoms with Crippen molar-refractivity contribution in [3.63, 3.8) is 0 Å². The van der Waals surface area contributed by atoms with Gasteiger partial charge in [0.25, 0.3) is 5.91 Å². The quantitative estimate of drug-likeness (QED) is 0.860. The maximum Gasteiger partial charge on any atom is 0.255 e. The predicted molar refractivity (Wildman–Crippen MR) is 84.3 cm³/mol. The molecule has 0 saturated carbocycles. The summed E-state index contributed by atoms with van der Waals surface area (Å²) in [6.07, 6.45) is 0.984. The topological polar surface area (TPSA) is 29.1 Å². The lowest BCUT2D eigenvalue weighted by molar-refractivity contribution is 0.102. The van der Waals surface area contributed by atoms with Gasteiger partial charge in [-0.05, 0) is 41.7 Å². The molecule has 0 aliphatic rings. The van der Waals surface area contributed by atoms with Crippen LogP contribution >= 0.6 is 0 Å². The number of amides is 1. The summed E-state index contributed by atoms with van der Waals surface area (Å²) in [5.74, 6) is 0.328. The molecular formula is C18H21NO. The molecule has 0 aliphatic heterocycles. The minimum atomic E-state index is -0.0549. The second-order valence-electron chi connectivity index (χ2n) is 5.25. The number of hydrogen-bond donors (Lipinski definition) is 1. The molecule has 0 atom stereocenters. The normalized spacial score (nSPS) is 10.6. The highest BCUT2D eigenvalue weighted by Gasteiger charge is 2.10.